The molecule has 1 heterocycles. The van der Waals surface area contributed by atoms with Gasteiger partial charge in [0.1, 0.15) is 5.75 Å². The van der Waals surface area contributed by atoms with Gasteiger partial charge in [0.25, 0.3) is 0 Å². The van der Waals surface area contributed by atoms with Gasteiger partial charge in [0.05, 0.1) is 19.8 Å². The first-order valence-corrected chi connectivity index (χ1v) is 10.8. The van der Waals surface area contributed by atoms with Crippen LogP contribution in [0, 0.1) is 13.8 Å². The maximum absolute atomic E-state index is 12.5. The quantitative estimate of drug-likeness (QED) is 0.635. The third-order valence-electron chi connectivity index (χ3n) is 5.29. The van der Waals surface area contributed by atoms with Gasteiger partial charge in [-0.05, 0) is 61.9 Å². The van der Waals surface area contributed by atoms with E-state index < -0.39 is 12.8 Å². The molecule has 0 radical (unpaired) electrons. The number of morpholine rings is 1. The summed E-state index contributed by atoms with van der Waals surface area (Å²) in [6, 6.07) is 11.3. The highest BCUT2D eigenvalue weighted by Gasteiger charge is 2.29. The maximum atomic E-state index is 12.5. The van der Waals surface area contributed by atoms with Gasteiger partial charge in [-0.25, -0.2) is 0 Å². The number of halogens is 3. The van der Waals surface area contributed by atoms with Gasteiger partial charge in [-0.2, -0.15) is 13.2 Å². The normalized spacial score (nSPS) is 14.5. The van der Waals surface area contributed by atoms with Crippen LogP contribution in [0.2, 0.25) is 0 Å². The number of amides is 1. The first kappa shape index (κ1) is 24.9. The molecule has 0 aromatic heterocycles. The Kier molecular flexibility index (Phi) is 8.20. The van der Waals surface area contributed by atoms with E-state index in [0.717, 1.165) is 30.0 Å². The summed E-state index contributed by atoms with van der Waals surface area (Å²) in [4.78, 5) is 16.6. The van der Waals surface area contributed by atoms with E-state index >= 15 is 0 Å². The number of hydrogen-bond acceptors (Lipinski definition) is 5. The molecule has 3 rings (SSSR count). The highest BCUT2D eigenvalue weighted by molar-refractivity contribution is 5.92. The minimum Gasteiger partial charge on any atom is -0.484 e. The zero-order valence-electron chi connectivity index (χ0n) is 19.2. The molecular weight excluding hydrogens is 435 g/mol. The van der Waals surface area contributed by atoms with Crippen molar-refractivity contribution in [2.24, 2.45) is 0 Å². The molecule has 2 aromatic carbocycles. The fourth-order valence-corrected chi connectivity index (χ4v) is 3.90. The SMILES string of the molecule is Cc1cc(CN(C)CC(=O)Nc2ccc(N3CCOCC3)cc2)cc(C)c1OCC(F)(F)F. The van der Waals surface area contributed by atoms with E-state index in [4.69, 9.17) is 9.47 Å². The minimum absolute atomic E-state index is 0.143. The van der Waals surface area contributed by atoms with Crippen LogP contribution in [0.25, 0.3) is 0 Å². The molecule has 0 aliphatic carbocycles. The summed E-state index contributed by atoms with van der Waals surface area (Å²) in [5.41, 5.74) is 3.99. The van der Waals surface area contributed by atoms with Gasteiger partial charge in [-0.15, -0.1) is 0 Å². The lowest BCUT2D eigenvalue weighted by atomic mass is 10.1. The summed E-state index contributed by atoms with van der Waals surface area (Å²) < 4.78 is 47.7. The largest absolute Gasteiger partial charge is 0.484 e. The molecule has 1 saturated heterocycles. The molecule has 6 nitrogen and oxygen atoms in total. The van der Waals surface area contributed by atoms with E-state index in [1.165, 1.54) is 0 Å². The number of hydrogen-bond donors (Lipinski definition) is 1. The number of anilines is 2. The Balaban J connectivity index is 1.51. The van der Waals surface area contributed by atoms with Crippen LogP contribution >= 0.6 is 0 Å². The average Bonchev–Trinajstić information content (AvgIpc) is 2.73. The van der Waals surface area contributed by atoms with Crippen molar-refractivity contribution in [2.45, 2.75) is 26.6 Å². The Hall–Kier alpha value is -2.78. The zero-order chi connectivity index (χ0) is 24.0. The zero-order valence-corrected chi connectivity index (χ0v) is 19.2. The van der Waals surface area contributed by atoms with Crippen LogP contribution in [0.15, 0.2) is 36.4 Å². The van der Waals surface area contributed by atoms with Crippen LogP contribution in [-0.4, -0.2) is 63.5 Å². The number of nitrogens with one attached hydrogen (secondary N) is 1. The third-order valence-corrected chi connectivity index (χ3v) is 5.29. The molecule has 0 atom stereocenters. The van der Waals surface area contributed by atoms with Crippen molar-refractivity contribution in [1.29, 1.82) is 0 Å². The summed E-state index contributed by atoms with van der Waals surface area (Å²) in [6.07, 6.45) is -4.38. The second kappa shape index (κ2) is 10.9. The first-order chi connectivity index (χ1) is 15.6. The number of rotatable bonds is 8. The predicted octanol–water partition coefficient (Wildman–Crippen LogP) is 4.15. The van der Waals surface area contributed by atoms with Crippen LogP contribution < -0.4 is 15.0 Å². The molecule has 33 heavy (non-hydrogen) atoms. The van der Waals surface area contributed by atoms with Crippen molar-refractivity contribution in [3.8, 4) is 5.75 Å². The van der Waals surface area contributed by atoms with Crippen LogP contribution in [0.3, 0.4) is 0 Å². The molecule has 1 amide bonds. The Morgan fingerprint density at radius 1 is 1.12 bits per heavy atom. The van der Waals surface area contributed by atoms with Crippen LogP contribution in [0.4, 0.5) is 24.5 Å². The van der Waals surface area contributed by atoms with Gasteiger partial charge in [0.2, 0.25) is 5.91 Å². The molecule has 1 N–H and O–H groups in total. The van der Waals surface area contributed by atoms with E-state index in [2.05, 4.69) is 10.2 Å². The van der Waals surface area contributed by atoms with Crippen LogP contribution in [0.1, 0.15) is 16.7 Å². The fourth-order valence-electron chi connectivity index (χ4n) is 3.90. The summed E-state index contributed by atoms with van der Waals surface area (Å²) in [5, 5.41) is 2.90. The number of nitrogens with zero attached hydrogens (tertiary/aromatic N) is 2. The second-order valence-electron chi connectivity index (χ2n) is 8.33. The maximum Gasteiger partial charge on any atom is 0.422 e. The Bertz CT molecular complexity index is 919. The molecule has 0 unspecified atom stereocenters. The third kappa shape index (κ3) is 7.64. The van der Waals surface area contributed by atoms with Gasteiger partial charge in [0.15, 0.2) is 6.61 Å². The van der Waals surface area contributed by atoms with Gasteiger partial charge < -0.3 is 19.7 Å². The first-order valence-electron chi connectivity index (χ1n) is 10.8. The topological polar surface area (TPSA) is 54.0 Å². The molecular formula is C24H30F3N3O3. The molecule has 0 saturated carbocycles. The number of aryl methyl sites for hydroxylation is 2. The lowest BCUT2D eigenvalue weighted by Gasteiger charge is -2.28. The summed E-state index contributed by atoms with van der Waals surface area (Å²) >= 11 is 0. The number of carbonyl (C=O) groups excluding carboxylic acids is 1. The number of likely N-dealkylation sites (N-methyl/N-ethyl adjacent to an activating group) is 1. The molecule has 1 aliphatic rings. The van der Waals surface area contributed by atoms with Crippen molar-refractivity contribution in [2.75, 3.05) is 56.7 Å². The molecule has 180 valence electrons. The lowest BCUT2D eigenvalue weighted by molar-refractivity contribution is -0.153. The Morgan fingerprint density at radius 2 is 1.73 bits per heavy atom. The van der Waals surface area contributed by atoms with E-state index in [0.29, 0.717) is 30.9 Å². The highest BCUT2D eigenvalue weighted by Crippen LogP contribution is 2.27. The minimum atomic E-state index is -4.38. The van der Waals surface area contributed by atoms with E-state index in [1.807, 2.05) is 36.2 Å². The van der Waals surface area contributed by atoms with Gasteiger partial charge in [-0.3, -0.25) is 9.69 Å². The molecule has 1 fully saturated rings. The van der Waals surface area contributed by atoms with Crippen molar-refractivity contribution < 1.29 is 27.4 Å². The molecule has 2 aromatic rings. The van der Waals surface area contributed by atoms with E-state index in [9.17, 15) is 18.0 Å². The number of alkyl halides is 3. The molecule has 9 heteroatoms. The van der Waals surface area contributed by atoms with Crippen molar-refractivity contribution in [1.82, 2.24) is 4.90 Å². The summed E-state index contributed by atoms with van der Waals surface area (Å²) in [5.74, 6) is 0.104. The van der Waals surface area contributed by atoms with Gasteiger partial charge >= 0.3 is 6.18 Å². The molecule has 0 spiro atoms. The smallest absolute Gasteiger partial charge is 0.422 e. The van der Waals surface area contributed by atoms with Crippen molar-refractivity contribution in [3.63, 3.8) is 0 Å². The number of ether oxygens (including phenoxy) is 2. The highest BCUT2D eigenvalue weighted by atomic mass is 19.4. The Labute approximate surface area is 192 Å². The number of benzene rings is 2. The monoisotopic (exact) mass is 465 g/mol. The van der Waals surface area contributed by atoms with Gasteiger partial charge in [0, 0.05) is 31.0 Å². The standard InChI is InChI=1S/C24H30F3N3O3/c1-17-12-19(13-18(2)23(17)33-16-24(25,26)27)14-29(3)15-22(31)28-20-4-6-21(7-5-20)30-8-10-32-11-9-30/h4-7,12-13H,8-11,14-16H2,1-3H3,(H,28,31). The van der Waals surface area contributed by atoms with E-state index in [1.54, 1.807) is 26.0 Å². The summed E-state index contributed by atoms with van der Waals surface area (Å²) in [7, 11) is 1.82. The fraction of sp³-hybridized carbons (Fsp3) is 0.458. The Morgan fingerprint density at radius 3 is 2.30 bits per heavy atom. The lowest BCUT2D eigenvalue weighted by Crippen LogP contribution is -2.36. The number of carbonyl (C=O) groups is 1. The summed E-state index contributed by atoms with van der Waals surface area (Å²) in [6.45, 7) is 5.91. The predicted molar refractivity (Wildman–Crippen MR) is 122 cm³/mol. The second-order valence-corrected chi connectivity index (χ2v) is 8.33. The average molecular weight is 466 g/mol. The molecule has 0 bridgehead atoms. The molecule has 1 aliphatic heterocycles. The van der Waals surface area contributed by atoms with Gasteiger partial charge in [-0.1, -0.05) is 12.1 Å². The van der Waals surface area contributed by atoms with Crippen LogP contribution in [-0.2, 0) is 16.1 Å². The van der Waals surface area contributed by atoms with Crippen molar-refractivity contribution >= 4 is 17.3 Å². The van der Waals surface area contributed by atoms with Crippen molar-refractivity contribution in [3.05, 3.63) is 53.1 Å². The van der Waals surface area contributed by atoms with E-state index in [-0.39, 0.29) is 18.2 Å². The van der Waals surface area contributed by atoms with Crippen LogP contribution in [0.5, 0.6) is 5.75 Å².